The number of thioether (sulfide) groups is 1. The number of carboxylic acids is 1. The predicted molar refractivity (Wildman–Crippen MR) is 44.5 cm³/mol. The number of halogens is 2. The summed E-state index contributed by atoms with van der Waals surface area (Å²) in [4.78, 5) is 9.95. The van der Waals surface area contributed by atoms with Crippen LogP contribution in [-0.4, -0.2) is 22.1 Å². The molecule has 12 heavy (non-hydrogen) atoms. The van der Waals surface area contributed by atoms with Gasteiger partial charge in [-0.3, -0.25) is 0 Å². The summed E-state index contributed by atoms with van der Waals surface area (Å²) in [6.07, 6.45) is 0.780. The summed E-state index contributed by atoms with van der Waals surface area (Å²) in [5.74, 6) is -1.76. The fraction of sp³-hybridized carbons (Fsp3) is 0.857. The van der Waals surface area contributed by atoms with Gasteiger partial charge in [-0.05, 0) is 5.92 Å². The molecule has 0 aliphatic carbocycles. The Morgan fingerprint density at radius 2 is 2.17 bits per heavy atom. The number of carboxylic acid groups (broad SMARTS) is 1. The molecule has 0 aromatic heterocycles. The fourth-order valence-electron chi connectivity index (χ4n) is 0.427. The largest absolute Gasteiger partial charge is 0.476 e. The molecule has 0 spiro atoms. The van der Waals surface area contributed by atoms with Gasteiger partial charge < -0.3 is 5.11 Å². The molecule has 1 atom stereocenters. The van der Waals surface area contributed by atoms with Crippen molar-refractivity contribution in [3.63, 3.8) is 0 Å². The van der Waals surface area contributed by atoms with Crippen LogP contribution in [0.25, 0.3) is 0 Å². The van der Waals surface area contributed by atoms with E-state index in [-0.39, 0.29) is 23.4 Å². The lowest BCUT2D eigenvalue weighted by atomic mass is 10.2. The maximum absolute atomic E-state index is 12.4. The van der Waals surface area contributed by atoms with Crippen molar-refractivity contribution in [2.45, 2.75) is 25.5 Å². The Kier molecular flexibility index (Phi) is 4.52. The van der Waals surface area contributed by atoms with Crippen LogP contribution in [0, 0.1) is 5.92 Å². The molecular formula is C7H12F2O2S. The zero-order chi connectivity index (χ0) is 9.78. The molecule has 0 heterocycles. The smallest absolute Gasteiger partial charge is 0.388 e. The molecule has 0 saturated carbocycles. The molecule has 0 aliphatic heterocycles. The lowest BCUT2D eigenvalue weighted by molar-refractivity contribution is -0.152. The van der Waals surface area contributed by atoms with E-state index >= 15 is 0 Å². The lowest BCUT2D eigenvalue weighted by Crippen LogP contribution is -2.25. The van der Waals surface area contributed by atoms with Gasteiger partial charge in [-0.2, -0.15) is 8.78 Å². The molecule has 72 valence electrons. The first-order valence-electron chi connectivity index (χ1n) is 3.65. The maximum Gasteiger partial charge on any atom is 0.388 e. The standard InChI is InChI=1S/C7H12F2O2S/c1-3-5(2)4-12-7(8,9)6(10)11/h5H,3-4H2,1-2H3,(H,10,11). The Morgan fingerprint density at radius 3 is 2.50 bits per heavy atom. The van der Waals surface area contributed by atoms with Crippen LogP contribution < -0.4 is 0 Å². The predicted octanol–water partition coefficient (Wildman–Crippen LogP) is 2.44. The van der Waals surface area contributed by atoms with Crippen molar-refractivity contribution in [1.82, 2.24) is 0 Å². The van der Waals surface area contributed by atoms with E-state index in [9.17, 15) is 13.6 Å². The molecule has 0 fully saturated rings. The number of rotatable bonds is 5. The summed E-state index contributed by atoms with van der Waals surface area (Å²) in [6, 6.07) is 0. The third kappa shape index (κ3) is 3.90. The normalized spacial score (nSPS) is 14.3. The van der Waals surface area contributed by atoms with E-state index in [2.05, 4.69) is 0 Å². The summed E-state index contributed by atoms with van der Waals surface area (Å²) >= 11 is 0.187. The Balaban J connectivity index is 3.83. The minimum absolute atomic E-state index is 0.125. The van der Waals surface area contributed by atoms with Crippen LogP contribution in [-0.2, 0) is 4.79 Å². The zero-order valence-electron chi connectivity index (χ0n) is 7.01. The van der Waals surface area contributed by atoms with Crippen molar-refractivity contribution in [1.29, 1.82) is 0 Å². The molecule has 5 heteroatoms. The molecule has 0 aromatic carbocycles. The van der Waals surface area contributed by atoms with Crippen LogP contribution in [0.1, 0.15) is 20.3 Å². The monoisotopic (exact) mass is 198 g/mol. The minimum atomic E-state index is -3.64. The second kappa shape index (κ2) is 4.64. The van der Waals surface area contributed by atoms with E-state index < -0.39 is 11.2 Å². The first kappa shape index (κ1) is 11.7. The van der Waals surface area contributed by atoms with E-state index in [0.29, 0.717) is 0 Å². The van der Waals surface area contributed by atoms with Gasteiger partial charge in [0.25, 0.3) is 0 Å². The summed E-state index contributed by atoms with van der Waals surface area (Å²) < 4.78 is 24.8. The quantitative estimate of drug-likeness (QED) is 0.737. The van der Waals surface area contributed by atoms with Crippen LogP contribution in [0.5, 0.6) is 0 Å². The highest BCUT2D eigenvalue weighted by molar-refractivity contribution is 8.01. The average Bonchev–Trinajstić information content (AvgIpc) is 2.00. The minimum Gasteiger partial charge on any atom is -0.476 e. The van der Waals surface area contributed by atoms with Crippen molar-refractivity contribution >= 4 is 17.7 Å². The first-order valence-corrected chi connectivity index (χ1v) is 4.64. The fourth-order valence-corrected chi connectivity index (χ4v) is 1.28. The Bertz CT molecular complexity index is 161. The maximum atomic E-state index is 12.4. The van der Waals surface area contributed by atoms with Crippen molar-refractivity contribution in [2.24, 2.45) is 5.92 Å². The first-order chi connectivity index (χ1) is 5.40. The molecule has 0 aromatic rings. The summed E-state index contributed by atoms with van der Waals surface area (Å²) in [7, 11) is 0. The SMILES string of the molecule is CCC(C)CSC(F)(F)C(=O)O. The summed E-state index contributed by atoms with van der Waals surface area (Å²) in [5, 5.41) is 4.42. The molecular weight excluding hydrogens is 186 g/mol. The van der Waals surface area contributed by atoms with E-state index in [1.807, 2.05) is 13.8 Å². The highest BCUT2D eigenvalue weighted by Gasteiger charge is 2.39. The summed E-state index contributed by atoms with van der Waals surface area (Å²) in [6.45, 7) is 3.69. The van der Waals surface area contributed by atoms with Gasteiger partial charge in [-0.25, -0.2) is 4.79 Å². The van der Waals surface area contributed by atoms with Gasteiger partial charge in [0, 0.05) is 5.75 Å². The van der Waals surface area contributed by atoms with E-state index in [0.717, 1.165) is 6.42 Å². The Morgan fingerprint density at radius 1 is 1.67 bits per heavy atom. The van der Waals surface area contributed by atoms with Crippen LogP contribution >= 0.6 is 11.8 Å². The number of hydrogen-bond acceptors (Lipinski definition) is 2. The molecule has 0 aliphatic rings. The molecule has 0 saturated heterocycles. The molecule has 0 amide bonds. The summed E-state index contributed by atoms with van der Waals surface area (Å²) in [5.41, 5.74) is 0. The Hall–Kier alpha value is -0.320. The van der Waals surface area contributed by atoms with Crippen molar-refractivity contribution in [3.8, 4) is 0 Å². The number of aliphatic carboxylic acids is 1. The molecule has 0 radical (unpaired) electrons. The van der Waals surface area contributed by atoms with Crippen molar-refractivity contribution in [3.05, 3.63) is 0 Å². The Labute approximate surface area is 74.3 Å². The van der Waals surface area contributed by atoms with Gasteiger partial charge in [0.15, 0.2) is 0 Å². The zero-order valence-corrected chi connectivity index (χ0v) is 7.83. The highest BCUT2D eigenvalue weighted by atomic mass is 32.2. The molecule has 1 N–H and O–H groups in total. The van der Waals surface area contributed by atoms with Crippen LogP contribution in [0.4, 0.5) is 8.78 Å². The second-order valence-corrected chi connectivity index (χ2v) is 3.78. The highest BCUT2D eigenvalue weighted by Crippen LogP contribution is 2.31. The molecule has 0 rings (SSSR count). The number of hydrogen-bond donors (Lipinski definition) is 1. The molecule has 0 bridgehead atoms. The molecule has 2 nitrogen and oxygen atoms in total. The van der Waals surface area contributed by atoms with Crippen molar-refractivity contribution < 1.29 is 18.7 Å². The average molecular weight is 198 g/mol. The van der Waals surface area contributed by atoms with Crippen LogP contribution in [0.2, 0.25) is 0 Å². The number of carbonyl (C=O) groups is 1. The van der Waals surface area contributed by atoms with Gasteiger partial charge >= 0.3 is 11.2 Å². The topological polar surface area (TPSA) is 37.3 Å². The van der Waals surface area contributed by atoms with E-state index in [4.69, 9.17) is 5.11 Å². The lowest BCUT2D eigenvalue weighted by Gasteiger charge is -2.12. The van der Waals surface area contributed by atoms with Gasteiger partial charge in [0.1, 0.15) is 0 Å². The van der Waals surface area contributed by atoms with Crippen LogP contribution in [0.3, 0.4) is 0 Å². The third-order valence-corrected chi connectivity index (χ3v) is 2.77. The molecule has 1 unspecified atom stereocenters. The second-order valence-electron chi connectivity index (χ2n) is 2.65. The van der Waals surface area contributed by atoms with Gasteiger partial charge in [0.05, 0.1) is 0 Å². The van der Waals surface area contributed by atoms with Crippen LogP contribution in [0.15, 0.2) is 0 Å². The van der Waals surface area contributed by atoms with Crippen molar-refractivity contribution in [2.75, 3.05) is 5.75 Å². The third-order valence-electron chi connectivity index (χ3n) is 1.50. The number of alkyl halides is 2. The van der Waals surface area contributed by atoms with Gasteiger partial charge in [-0.1, -0.05) is 32.0 Å². The van der Waals surface area contributed by atoms with E-state index in [1.165, 1.54) is 0 Å². The van der Waals surface area contributed by atoms with Gasteiger partial charge in [-0.15, -0.1) is 0 Å². The van der Waals surface area contributed by atoms with Gasteiger partial charge in [0.2, 0.25) is 0 Å². The van der Waals surface area contributed by atoms with E-state index in [1.54, 1.807) is 0 Å².